The lowest BCUT2D eigenvalue weighted by Gasteiger charge is -2.07. The van der Waals surface area contributed by atoms with Crippen LogP contribution in [0.2, 0.25) is 0 Å². The third-order valence-corrected chi connectivity index (χ3v) is 1.95. The van der Waals surface area contributed by atoms with Gasteiger partial charge >= 0.3 is 0 Å². The number of aliphatic hydroxyl groups excluding tert-OH is 1. The van der Waals surface area contributed by atoms with Crippen LogP contribution in [0.1, 0.15) is 11.7 Å². The Balaban J connectivity index is 2.86. The third kappa shape index (κ3) is 2.29. The van der Waals surface area contributed by atoms with E-state index in [9.17, 15) is 5.11 Å². The predicted molar refractivity (Wildman–Crippen MR) is 48.2 cm³/mol. The lowest BCUT2D eigenvalue weighted by molar-refractivity contribution is 0.186. The Morgan fingerprint density at radius 3 is 2.82 bits per heavy atom. The summed E-state index contributed by atoms with van der Waals surface area (Å²) in [6.45, 7) is 0.260. The zero-order chi connectivity index (χ0) is 8.27. The van der Waals surface area contributed by atoms with Gasteiger partial charge in [0.25, 0.3) is 0 Å². The highest BCUT2D eigenvalue weighted by molar-refractivity contribution is 9.10. The molecular weight excluding hydrogens is 206 g/mol. The van der Waals surface area contributed by atoms with Crippen molar-refractivity contribution in [2.24, 2.45) is 5.73 Å². The molecule has 1 aromatic carbocycles. The van der Waals surface area contributed by atoms with Crippen molar-refractivity contribution < 1.29 is 5.11 Å². The standard InChI is InChI=1S/C8H10BrNO/c9-7-3-1-2-6(4-7)8(11)5-10/h1-4,8,11H,5,10H2/t8-/m0/s1. The Morgan fingerprint density at radius 2 is 2.27 bits per heavy atom. The van der Waals surface area contributed by atoms with E-state index in [4.69, 9.17) is 5.73 Å². The van der Waals surface area contributed by atoms with Gasteiger partial charge in [-0.15, -0.1) is 0 Å². The Hall–Kier alpha value is -0.380. The molecule has 0 spiro atoms. The van der Waals surface area contributed by atoms with Gasteiger partial charge in [-0.1, -0.05) is 28.1 Å². The van der Waals surface area contributed by atoms with E-state index in [1.807, 2.05) is 24.3 Å². The Bertz CT molecular complexity index is 239. The average molecular weight is 216 g/mol. The van der Waals surface area contributed by atoms with Crippen LogP contribution in [-0.2, 0) is 0 Å². The highest BCUT2D eigenvalue weighted by atomic mass is 79.9. The van der Waals surface area contributed by atoms with Crippen molar-refractivity contribution in [1.29, 1.82) is 0 Å². The van der Waals surface area contributed by atoms with Gasteiger partial charge in [0.15, 0.2) is 0 Å². The summed E-state index contributed by atoms with van der Waals surface area (Å²) in [5.74, 6) is 0. The minimum absolute atomic E-state index is 0.260. The van der Waals surface area contributed by atoms with Crippen molar-refractivity contribution in [2.45, 2.75) is 6.10 Å². The van der Waals surface area contributed by atoms with Gasteiger partial charge in [-0.3, -0.25) is 0 Å². The van der Waals surface area contributed by atoms with E-state index in [1.165, 1.54) is 0 Å². The van der Waals surface area contributed by atoms with E-state index in [1.54, 1.807) is 0 Å². The molecule has 0 aliphatic heterocycles. The van der Waals surface area contributed by atoms with Gasteiger partial charge in [0.05, 0.1) is 6.10 Å². The van der Waals surface area contributed by atoms with Crippen LogP contribution in [0, 0.1) is 0 Å². The van der Waals surface area contributed by atoms with Crippen LogP contribution in [0.4, 0.5) is 0 Å². The third-order valence-electron chi connectivity index (χ3n) is 1.46. The summed E-state index contributed by atoms with van der Waals surface area (Å²) in [5.41, 5.74) is 6.14. The van der Waals surface area contributed by atoms with Crippen LogP contribution in [0.5, 0.6) is 0 Å². The van der Waals surface area contributed by atoms with E-state index in [-0.39, 0.29) is 6.54 Å². The van der Waals surface area contributed by atoms with Gasteiger partial charge in [0, 0.05) is 11.0 Å². The zero-order valence-electron chi connectivity index (χ0n) is 6.00. The number of benzene rings is 1. The monoisotopic (exact) mass is 215 g/mol. The first kappa shape index (κ1) is 8.71. The molecule has 0 amide bonds. The second-order valence-electron chi connectivity index (χ2n) is 2.31. The first-order chi connectivity index (χ1) is 5.24. The molecule has 0 aromatic heterocycles. The topological polar surface area (TPSA) is 46.2 Å². The van der Waals surface area contributed by atoms with Crippen LogP contribution in [0.25, 0.3) is 0 Å². The molecule has 60 valence electrons. The summed E-state index contributed by atoms with van der Waals surface area (Å²) in [7, 11) is 0. The van der Waals surface area contributed by atoms with Crippen LogP contribution < -0.4 is 5.73 Å². The number of halogens is 1. The largest absolute Gasteiger partial charge is 0.387 e. The summed E-state index contributed by atoms with van der Waals surface area (Å²) in [5, 5.41) is 9.31. The minimum Gasteiger partial charge on any atom is -0.387 e. The number of nitrogens with two attached hydrogens (primary N) is 1. The molecule has 2 nitrogen and oxygen atoms in total. The SMILES string of the molecule is NC[C@H](O)c1cccc(Br)c1. The highest BCUT2D eigenvalue weighted by Gasteiger charge is 2.03. The molecule has 0 saturated heterocycles. The fourth-order valence-corrected chi connectivity index (χ4v) is 1.27. The fraction of sp³-hybridized carbons (Fsp3) is 0.250. The van der Waals surface area contributed by atoms with Crippen LogP contribution in [-0.4, -0.2) is 11.7 Å². The average Bonchev–Trinajstić information content (AvgIpc) is 2.03. The first-order valence-corrected chi connectivity index (χ1v) is 4.17. The molecule has 0 saturated carbocycles. The maximum atomic E-state index is 9.31. The van der Waals surface area contributed by atoms with Crippen molar-refractivity contribution in [1.82, 2.24) is 0 Å². The molecule has 0 fully saturated rings. The van der Waals surface area contributed by atoms with Crippen molar-refractivity contribution in [3.63, 3.8) is 0 Å². The first-order valence-electron chi connectivity index (χ1n) is 3.37. The lowest BCUT2D eigenvalue weighted by atomic mass is 10.1. The molecule has 0 aliphatic rings. The van der Waals surface area contributed by atoms with Crippen LogP contribution >= 0.6 is 15.9 Å². The summed E-state index contributed by atoms with van der Waals surface area (Å²) in [4.78, 5) is 0. The van der Waals surface area contributed by atoms with Crippen molar-refractivity contribution >= 4 is 15.9 Å². The highest BCUT2D eigenvalue weighted by Crippen LogP contribution is 2.16. The second kappa shape index (κ2) is 3.85. The molecule has 1 rings (SSSR count). The van der Waals surface area contributed by atoms with Crippen molar-refractivity contribution in [3.05, 3.63) is 34.3 Å². The summed E-state index contributed by atoms with van der Waals surface area (Å²) in [6, 6.07) is 7.49. The molecule has 0 bridgehead atoms. The summed E-state index contributed by atoms with van der Waals surface area (Å²) >= 11 is 3.31. The van der Waals surface area contributed by atoms with E-state index in [2.05, 4.69) is 15.9 Å². The molecule has 3 heteroatoms. The summed E-state index contributed by atoms with van der Waals surface area (Å²) in [6.07, 6.45) is -0.549. The minimum atomic E-state index is -0.549. The molecule has 0 heterocycles. The molecule has 1 atom stereocenters. The maximum absolute atomic E-state index is 9.31. The maximum Gasteiger partial charge on any atom is 0.0912 e. The van der Waals surface area contributed by atoms with Gasteiger partial charge in [-0.2, -0.15) is 0 Å². The Labute approximate surface area is 74.2 Å². The number of rotatable bonds is 2. The van der Waals surface area contributed by atoms with Gasteiger partial charge in [-0.25, -0.2) is 0 Å². The number of aliphatic hydroxyl groups is 1. The molecular formula is C8H10BrNO. The van der Waals surface area contributed by atoms with Crippen molar-refractivity contribution in [3.8, 4) is 0 Å². The number of hydrogen-bond acceptors (Lipinski definition) is 2. The van der Waals surface area contributed by atoms with E-state index in [0.29, 0.717) is 0 Å². The summed E-state index contributed by atoms with van der Waals surface area (Å²) < 4.78 is 0.961. The van der Waals surface area contributed by atoms with Gasteiger partial charge in [-0.05, 0) is 17.7 Å². The second-order valence-corrected chi connectivity index (χ2v) is 3.22. The predicted octanol–water partition coefficient (Wildman–Crippen LogP) is 1.44. The van der Waals surface area contributed by atoms with E-state index >= 15 is 0 Å². The molecule has 0 radical (unpaired) electrons. The van der Waals surface area contributed by atoms with E-state index < -0.39 is 6.10 Å². The van der Waals surface area contributed by atoms with Crippen LogP contribution in [0.15, 0.2) is 28.7 Å². The molecule has 3 N–H and O–H groups in total. The normalized spacial score (nSPS) is 13.0. The van der Waals surface area contributed by atoms with Crippen molar-refractivity contribution in [2.75, 3.05) is 6.54 Å². The fourth-order valence-electron chi connectivity index (χ4n) is 0.850. The van der Waals surface area contributed by atoms with Gasteiger partial charge in [0.1, 0.15) is 0 Å². The smallest absolute Gasteiger partial charge is 0.0912 e. The Morgan fingerprint density at radius 1 is 1.55 bits per heavy atom. The molecule has 0 unspecified atom stereocenters. The van der Waals surface area contributed by atoms with Gasteiger partial charge < -0.3 is 10.8 Å². The molecule has 0 aliphatic carbocycles. The van der Waals surface area contributed by atoms with E-state index in [0.717, 1.165) is 10.0 Å². The number of hydrogen-bond donors (Lipinski definition) is 2. The van der Waals surface area contributed by atoms with Crippen LogP contribution in [0.3, 0.4) is 0 Å². The molecule has 1 aromatic rings. The molecule has 11 heavy (non-hydrogen) atoms. The Kier molecular flexibility index (Phi) is 3.05. The lowest BCUT2D eigenvalue weighted by Crippen LogP contribution is -2.11. The van der Waals surface area contributed by atoms with Gasteiger partial charge in [0.2, 0.25) is 0 Å². The quantitative estimate of drug-likeness (QED) is 0.785. The zero-order valence-corrected chi connectivity index (χ0v) is 7.58.